The van der Waals surface area contributed by atoms with E-state index in [1.165, 1.54) is 0 Å². The van der Waals surface area contributed by atoms with Crippen molar-refractivity contribution in [2.24, 2.45) is 5.73 Å². The molecular weight excluding hydrogens is 246 g/mol. The van der Waals surface area contributed by atoms with Gasteiger partial charge in [-0.25, -0.2) is 0 Å². The molecule has 19 heavy (non-hydrogen) atoms. The summed E-state index contributed by atoms with van der Waals surface area (Å²) in [5.74, 6) is 0.981. The summed E-state index contributed by atoms with van der Waals surface area (Å²) in [6.07, 6.45) is 0. The molecule has 0 unspecified atom stereocenters. The van der Waals surface area contributed by atoms with E-state index in [9.17, 15) is 4.79 Å². The maximum absolute atomic E-state index is 10.9. The molecule has 104 valence electrons. The molecule has 0 bridgehead atoms. The minimum atomic E-state index is -0.299. The maximum Gasteiger partial charge on any atom is 0.231 e. The fourth-order valence-electron chi connectivity index (χ4n) is 2.15. The Bertz CT molecular complexity index is 457. The molecule has 1 fully saturated rings. The molecule has 1 saturated heterocycles. The number of primary amides is 1. The lowest BCUT2D eigenvalue weighted by atomic mass is 10.3. The van der Waals surface area contributed by atoms with Crippen molar-refractivity contribution in [3.05, 3.63) is 12.1 Å². The van der Waals surface area contributed by atoms with E-state index in [4.69, 9.17) is 16.2 Å². The van der Waals surface area contributed by atoms with E-state index in [0.717, 1.165) is 32.0 Å². The van der Waals surface area contributed by atoms with Gasteiger partial charge in [-0.15, -0.1) is 0 Å². The average molecular weight is 265 g/mol. The lowest BCUT2D eigenvalue weighted by Gasteiger charge is -2.35. The average Bonchev–Trinajstić information content (AvgIpc) is 2.40. The van der Waals surface area contributed by atoms with Gasteiger partial charge in [0.05, 0.1) is 19.3 Å². The molecule has 0 saturated carbocycles. The summed E-state index contributed by atoms with van der Waals surface area (Å²) in [7, 11) is 1.58. The highest BCUT2D eigenvalue weighted by atomic mass is 16.5. The summed E-state index contributed by atoms with van der Waals surface area (Å²) in [6.45, 7) is 3.35. The molecule has 0 aromatic carbocycles. The van der Waals surface area contributed by atoms with E-state index >= 15 is 0 Å². The summed E-state index contributed by atoms with van der Waals surface area (Å²) >= 11 is 0. The monoisotopic (exact) mass is 265 g/mol. The number of carbonyl (C=O) groups excluding carboxylic acids is 1. The van der Waals surface area contributed by atoms with Crippen LogP contribution in [-0.2, 0) is 4.79 Å². The molecule has 2 rings (SSSR count). The third-order valence-corrected chi connectivity index (χ3v) is 3.14. The Morgan fingerprint density at radius 3 is 2.63 bits per heavy atom. The van der Waals surface area contributed by atoms with Crippen LogP contribution in [0.15, 0.2) is 12.1 Å². The second-order valence-corrected chi connectivity index (χ2v) is 4.50. The Morgan fingerprint density at radius 2 is 2.05 bits per heavy atom. The third-order valence-electron chi connectivity index (χ3n) is 3.14. The number of rotatable bonds is 4. The minimum absolute atomic E-state index is 0.299. The van der Waals surface area contributed by atoms with Crippen molar-refractivity contribution in [2.45, 2.75) is 0 Å². The fraction of sp³-hybridized carbons (Fsp3) is 0.500. The number of methoxy groups -OCH3 is 1. The Kier molecular flexibility index (Phi) is 4.06. The summed E-state index contributed by atoms with van der Waals surface area (Å²) < 4.78 is 5.11. The summed E-state index contributed by atoms with van der Waals surface area (Å²) in [5.41, 5.74) is 11.8. The predicted octanol–water partition coefficient (Wildman–Crippen LogP) is -0.720. The molecule has 4 N–H and O–H groups in total. The normalized spacial score (nSPS) is 16.4. The zero-order valence-corrected chi connectivity index (χ0v) is 11.0. The second-order valence-electron chi connectivity index (χ2n) is 4.50. The number of anilines is 2. The summed E-state index contributed by atoms with van der Waals surface area (Å²) in [4.78, 5) is 19.4. The van der Waals surface area contributed by atoms with Gasteiger partial charge in [0.1, 0.15) is 0 Å². The number of hydrogen-bond acceptors (Lipinski definition) is 6. The lowest BCUT2D eigenvalue weighted by molar-refractivity contribution is -0.119. The number of piperazine rings is 1. The first-order valence-corrected chi connectivity index (χ1v) is 6.16. The van der Waals surface area contributed by atoms with Crippen LogP contribution in [0.3, 0.4) is 0 Å². The van der Waals surface area contributed by atoms with Crippen LogP contribution in [0.25, 0.3) is 0 Å². The van der Waals surface area contributed by atoms with Crippen LogP contribution >= 0.6 is 0 Å². The van der Waals surface area contributed by atoms with Gasteiger partial charge in [-0.1, -0.05) is 0 Å². The van der Waals surface area contributed by atoms with Crippen LogP contribution in [0.4, 0.5) is 11.5 Å². The number of hydrogen-bond donors (Lipinski definition) is 2. The fourth-order valence-corrected chi connectivity index (χ4v) is 2.15. The van der Waals surface area contributed by atoms with Gasteiger partial charge in [0.25, 0.3) is 0 Å². The number of aromatic nitrogens is 1. The topological polar surface area (TPSA) is 97.7 Å². The smallest absolute Gasteiger partial charge is 0.231 e. The van der Waals surface area contributed by atoms with Gasteiger partial charge in [-0.05, 0) is 6.07 Å². The number of nitrogens with two attached hydrogens (primary N) is 2. The van der Waals surface area contributed by atoms with Gasteiger partial charge in [-0.2, -0.15) is 4.98 Å². The van der Waals surface area contributed by atoms with Gasteiger partial charge in [0.2, 0.25) is 11.8 Å². The van der Waals surface area contributed by atoms with Crippen LogP contribution in [0.5, 0.6) is 5.88 Å². The number of nitrogens with zero attached hydrogens (tertiary/aromatic N) is 3. The number of pyridine rings is 1. The van der Waals surface area contributed by atoms with E-state index in [1.54, 1.807) is 19.2 Å². The summed E-state index contributed by atoms with van der Waals surface area (Å²) in [6, 6.07) is 3.53. The quantitative estimate of drug-likeness (QED) is 0.745. The number of amides is 1. The number of nitrogen functional groups attached to an aromatic ring is 1. The van der Waals surface area contributed by atoms with Gasteiger partial charge in [0, 0.05) is 32.2 Å². The molecule has 7 nitrogen and oxygen atoms in total. The highest BCUT2D eigenvalue weighted by Gasteiger charge is 2.20. The van der Waals surface area contributed by atoms with Gasteiger partial charge in [-0.3, -0.25) is 9.69 Å². The molecule has 1 aromatic rings. The van der Waals surface area contributed by atoms with Gasteiger partial charge >= 0.3 is 0 Å². The highest BCUT2D eigenvalue weighted by molar-refractivity contribution is 5.76. The SMILES string of the molecule is COc1ccc(N)c(N2CCN(CC(N)=O)CC2)n1. The Hall–Kier alpha value is -2.02. The van der Waals surface area contributed by atoms with Crippen LogP contribution in [0, 0.1) is 0 Å². The van der Waals surface area contributed by atoms with E-state index in [1.807, 2.05) is 4.90 Å². The molecule has 0 radical (unpaired) electrons. The first-order valence-electron chi connectivity index (χ1n) is 6.16. The lowest BCUT2D eigenvalue weighted by Crippen LogP contribution is -2.49. The molecule has 1 amide bonds. The van der Waals surface area contributed by atoms with Crippen LogP contribution < -0.4 is 21.1 Å². The van der Waals surface area contributed by atoms with Crippen molar-refractivity contribution in [1.82, 2.24) is 9.88 Å². The van der Waals surface area contributed by atoms with E-state index in [2.05, 4.69) is 9.88 Å². The van der Waals surface area contributed by atoms with E-state index < -0.39 is 0 Å². The second kappa shape index (κ2) is 5.75. The highest BCUT2D eigenvalue weighted by Crippen LogP contribution is 2.24. The first-order chi connectivity index (χ1) is 9.10. The summed E-state index contributed by atoms with van der Waals surface area (Å²) in [5, 5.41) is 0. The van der Waals surface area contributed by atoms with Crippen molar-refractivity contribution in [3.63, 3.8) is 0 Å². The van der Waals surface area contributed by atoms with Crippen molar-refractivity contribution >= 4 is 17.4 Å². The number of ether oxygens (including phenoxy) is 1. The van der Waals surface area contributed by atoms with Gasteiger partial charge in [0.15, 0.2) is 5.82 Å². The van der Waals surface area contributed by atoms with Crippen LogP contribution in [0.1, 0.15) is 0 Å². The standard InChI is InChI=1S/C12H19N5O2/c1-19-11-3-2-9(13)12(15-11)17-6-4-16(5-7-17)8-10(14)18/h2-3H,4-8,13H2,1H3,(H2,14,18). The molecule has 2 heterocycles. The van der Waals surface area contributed by atoms with Gasteiger partial charge < -0.3 is 21.1 Å². The molecule has 0 spiro atoms. The molecular formula is C12H19N5O2. The largest absolute Gasteiger partial charge is 0.481 e. The predicted molar refractivity (Wildman–Crippen MR) is 73.0 cm³/mol. The molecule has 0 atom stereocenters. The maximum atomic E-state index is 10.9. The Morgan fingerprint density at radius 1 is 1.37 bits per heavy atom. The number of carbonyl (C=O) groups is 1. The Balaban J connectivity index is 2.03. The molecule has 1 aliphatic heterocycles. The van der Waals surface area contributed by atoms with E-state index in [0.29, 0.717) is 18.1 Å². The van der Waals surface area contributed by atoms with Crippen LogP contribution in [0.2, 0.25) is 0 Å². The zero-order valence-electron chi connectivity index (χ0n) is 11.0. The molecule has 1 aromatic heterocycles. The minimum Gasteiger partial charge on any atom is -0.481 e. The van der Waals surface area contributed by atoms with E-state index in [-0.39, 0.29) is 5.91 Å². The van der Waals surface area contributed by atoms with Crippen molar-refractivity contribution in [1.29, 1.82) is 0 Å². The molecule has 1 aliphatic rings. The van der Waals surface area contributed by atoms with Crippen molar-refractivity contribution < 1.29 is 9.53 Å². The van der Waals surface area contributed by atoms with Crippen molar-refractivity contribution in [3.8, 4) is 5.88 Å². The Labute approximate surface area is 112 Å². The van der Waals surface area contributed by atoms with Crippen molar-refractivity contribution in [2.75, 3.05) is 50.5 Å². The molecule has 0 aliphatic carbocycles. The van der Waals surface area contributed by atoms with Crippen LogP contribution in [-0.4, -0.2) is 55.6 Å². The third kappa shape index (κ3) is 3.25. The zero-order chi connectivity index (χ0) is 13.8. The molecule has 7 heteroatoms. The first kappa shape index (κ1) is 13.4.